The van der Waals surface area contributed by atoms with Crippen LogP contribution in [0.2, 0.25) is 0 Å². The molecule has 4 N–H and O–H groups in total. The van der Waals surface area contributed by atoms with Gasteiger partial charge in [-0.05, 0) is 6.92 Å². The lowest BCUT2D eigenvalue weighted by Crippen LogP contribution is -2.37. The first-order valence-electron chi connectivity index (χ1n) is 6.35. The first-order valence-corrected chi connectivity index (χ1v) is 6.35. The van der Waals surface area contributed by atoms with E-state index in [1.54, 1.807) is 0 Å². The van der Waals surface area contributed by atoms with Crippen LogP contribution in [0.15, 0.2) is 6.20 Å². The maximum Gasteiger partial charge on any atom is 0.391 e. The van der Waals surface area contributed by atoms with E-state index >= 15 is 0 Å². The summed E-state index contributed by atoms with van der Waals surface area (Å²) < 4.78 is 36.8. The molecule has 1 aromatic heterocycles. The molecular formula is C12H18F3N5O. The zero-order valence-electron chi connectivity index (χ0n) is 12.0. The predicted octanol–water partition coefficient (Wildman–Crippen LogP) is 1.96. The Morgan fingerprint density at radius 2 is 2.00 bits per heavy atom. The molecule has 0 fully saturated rings. The Kier molecular flexibility index (Phi) is 5.47. The highest BCUT2D eigenvalue weighted by molar-refractivity contribution is 5.97. The van der Waals surface area contributed by atoms with Gasteiger partial charge in [0.25, 0.3) is 5.91 Å². The van der Waals surface area contributed by atoms with Gasteiger partial charge in [0.05, 0.1) is 18.3 Å². The summed E-state index contributed by atoms with van der Waals surface area (Å²) in [5.41, 5.74) is 2.33. The monoisotopic (exact) mass is 305 g/mol. The lowest BCUT2D eigenvalue weighted by Gasteiger charge is -2.17. The van der Waals surface area contributed by atoms with E-state index in [-0.39, 0.29) is 17.3 Å². The number of nitrogens with zero attached hydrogens (tertiary/aromatic N) is 2. The molecule has 1 unspecified atom stereocenters. The molecule has 9 heteroatoms. The maximum atomic E-state index is 12.3. The number of halogens is 3. The molecule has 1 atom stereocenters. The summed E-state index contributed by atoms with van der Waals surface area (Å²) in [5.74, 6) is 4.90. The minimum Gasteiger partial charge on any atom is -0.348 e. The first kappa shape index (κ1) is 17.2. The van der Waals surface area contributed by atoms with Gasteiger partial charge in [0.1, 0.15) is 5.82 Å². The summed E-state index contributed by atoms with van der Waals surface area (Å²) in [6.07, 6.45) is -4.14. The molecule has 0 aliphatic heterocycles. The summed E-state index contributed by atoms with van der Waals surface area (Å²) in [5, 5.41) is 2.25. The maximum absolute atomic E-state index is 12.3. The SMILES string of the molecule is CC(CC(F)(F)F)NC(=O)c1nc(C(C)C)ncc1NN. The number of hydrazine groups is 1. The number of rotatable bonds is 5. The highest BCUT2D eigenvalue weighted by Gasteiger charge is 2.31. The second kappa shape index (κ2) is 6.70. The van der Waals surface area contributed by atoms with Crippen LogP contribution in [-0.2, 0) is 0 Å². The van der Waals surface area contributed by atoms with Crippen molar-refractivity contribution in [2.24, 2.45) is 5.84 Å². The number of amides is 1. The number of carbonyl (C=O) groups is 1. The van der Waals surface area contributed by atoms with E-state index in [9.17, 15) is 18.0 Å². The van der Waals surface area contributed by atoms with E-state index in [2.05, 4.69) is 20.7 Å². The van der Waals surface area contributed by atoms with E-state index in [1.165, 1.54) is 13.1 Å². The van der Waals surface area contributed by atoms with Gasteiger partial charge < -0.3 is 10.7 Å². The zero-order chi connectivity index (χ0) is 16.2. The van der Waals surface area contributed by atoms with E-state index in [4.69, 9.17) is 5.84 Å². The molecule has 0 radical (unpaired) electrons. The molecule has 0 aromatic carbocycles. The molecule has 1 amide bonds. The van der Waals surface area contributed by atoms with Crippen LogP contribution in [0.4, 0.5) is 18.9 Å². The van der Waals surface area contributed by atoms with Crippen LogP contribution in [0, 0.1) is 0 Å². The fourth-order valence-corrected chi connectivity index (χ4v) is 1.64. The number of nitrogen functional groups attached to an aromatic ring is 1. The second-order valence-electron chi connectivity index (χ2n) is 4.98. The standard InChI is InChI=1S/C12H18F3N5O/c1-6(2)10-17-5-8(20-16)9(19-10)11(21)18-7(3)4-12(13,14)15/h5-7,20H,4,16H2,1-3H3,(H,18,21). The number of aromatic nitrogens is 2. The molecule has 21 heavy (non-hydrogen) atoms. The molecule has 6 nitrogen and oxygen atoms in total. The molecule has 0 saturated carbocycles. The van der Waals surface area contributed by atoms with Gasteiger partial charge in [0.15, 0.2) is 5.69 Å². The predicted molar refractivity (Wildman–Crippen MR) is 71.5 cm³/mol. The Morgan fingerprint density at radius 3 is 2.48 bits per heavy atom. The molecular weight excluding hydrogens is 287 g/mol. The van der Waals surface area contributed by atoms with Gasteiger partial charge >= 0.3 is 6.18 Å². The van der Waals surface area contributed by atoms with E-state index < -0.39 is 24.5 Å². The Bertz CT molecular complexity index is 504. The van der Waals surface area contributed by atoms with Crippen molar-refractivity contribution in [2.45, 2.75) is 45.3 Å². The van der Waals surface area contributed by atoms with Gasteiger partial charge in [-0.15, -0.1) is 0 Å². The summed E-state index contributed by atoms with van der Waals surface area (Å²) in [7, 11) is 0. The average molecular weight is 305 g/mol. The van der Waals surface area contributed by atoms with E-state index in [0.717, 1.165) is 0 Å². The zero-order valence-corrected chi connectivity index (χ0v) is 12.0. The molecule has 0 saturated heterocycles. The third-order valence-electron chi connectivity index (χ3n) is 2.61. The van der Waals surface area contributed by atoms with E-state index in [0.29, 0.717) is 5.82 Å². The molecule has 1 aromatic rings. The van der Waals surface area contributed by atoms with Crippen molar-refractivity contribution >= 4 is 11.6 Å². The van der Waals surface area contributed by atoms with Crippen LogP contribution >= 0.6 is 0 Å². The van der Waals surface area contributed by atoms with Crippen molar-refractivity contribution in [3.8, 4) is 0 Å². The smallest absolute Gasteiger partial charge is 0.348 e. The number of alkyl halides is 3. The third kappa shape index (κ3) is 5.18. The highest BCUT2D eigenvalue weighted by Crippen LogP contribution is 2.22. The molecule has 0 spiro atoms. The number of hydrogen-bond acceptors (Lipinski definition) is 5. The Hall–Kier alpha value is -1.90. The molecule has 118 valence electrons. The number of anilines is 1. The van der Waals surface area contributed by atoms with Gasteiger partial charge in [-0.2, -0.15) is 13.2 Å². The number of nitrogens with one attached hydrogen (secondary N) is 2. The Morgan fingerprint density at radius 1 is 1.38 bits per heavy atom. The summed E-state index contributed by atoms with van der Waals surface area (Å²) in [6.45, 7) is 4.93. The van der Waals surface area contributed by atoms with Crippen molar-refractivity contribution in [3.05, 3.63) is 17.7 Å². The summed E-state index contributed by atoms with van der Waals surface area (Å²) in [4.78, 5) is 20.1. The molecule has 0 aliphatic rings. The quantitative estimate of drug-likeness (QED) is 0.571. The molecule has 1 rings (SSSR count). The van der Waals surface area contributed by atoms with Crippen molar-refractivity contribution < 1.29 is 18.0 Å². The fraction of sp³-hybridized carbons (Fsp3) is 0.583. The number of nitrogens with two attached hydrogens (primary N) is 1. The normalized spacial score (nSPS) is 13.1. The minimum atomic E-state index is -4.35. The van der Waals surface area contributed by atoms with Crippen molar-refractivity contribution in [1.29, 1.82) is 0 Å². The van der Waals surface area contributed by atoms with Crippen LogP contribution in [0.3, 0.4) is 0 Å². The van der Waals surface area contributed by atoms with Gasteiger partial charge in [-0.1, -0.05) is 13.8 Å². The minimum absolute atomic E-state index is 0.0315. The number of carbonyl (C=O) groups excluding carboxylic acids is 1. The number of hydrogen-bond donors (Lipinski definition) is 3. The summed E-state index contributed by atoms with van der Waals surface area (Å²) in [6, 6.07) is -1.07. The topological polar surface area (TPSA) is 92.9 Å². The third-order valence-corrected chi connectivity index (χ3v) is 2.61. The molecule has 0 aliphatic carbocycles. The first-order chi connectivity index (χ1) is 9.64. The molecule has 1 heterocycles. The lowest BCUT2D eigenvalue weighted by atomic mass is 10.2. The van der Waals surface area contributed by atoms with Gasteiger partial charge in [-0.25, -0.2) is 9.97 Å². The Balaban J connectivity index is 2.92. The van der Waals surface area contributed by atoms with Crippen LogP contribution in [0.5, 0.6) is 0 Å². The van der Waals surface area contributed by atoms with Crippen LogP contribution in [0.25, 0.3) is 0 Å². The van der Waals surface area contributed by atoms with Crippen LogP contribution in [-0.4, -0.2) is 28.1 Å². The van der Waals surface area contributed by atoms with Crippen molar-refractivity contribution in [2.75, 3.05) is 5.43 Å². The second-order valence-corrected chi connectivity index (χ2v) is 4.98. The van der Waals surface area contributed by atoms with Crippen molar-refractivity contribution in [1.82, 2.24) is 15.3 Å². The van der Waals surface area contributed by atoms with Crippen LogP contribution < -0.4 is 16.6 Å². The van der Waals surface area contributed by atoms with Gasteiger partial charge in [-0.3, -0.25) is 10.6 Å². The highest BCUT2D eigenvalue weighted by atomic mass is 19.4. The largest absolute Gasteiger partial charge is 0.391 e. The summed E-state index contributed by atoms with van der Waals surface area (Å²) >= 11 is 0. The average Bonchev–Trinajstić information content (AvgIpc) is 2.35. The van der Waals surface area contributed by atoms with Gasteiger partial charge in [0.2, 0.25) is 0 Å². The van der Waals surface area contributed by atoms with E-state index in [1.807, 2.05) is 13.8 Å². The fourth-order valence-electron chi connectivity index (χ4n) is 1.64. The Labute approximate surface area is 120 Å². The lowest BCUT2D eigenvalue weighted by molar-refractivity contribution is -0.138. The molecule has 0 bridgehead atoms. The van der Waals surface area contributed by atoms with Crippen LogP contribution in [0.1, 0.15) is 49.4 Å². The van der Waals surface area contributed by atoms with Crippen molar-refractivity contribution in [3.63, 3.8) is 0 Å². The van der Waals surface area contributed by atoms with Gasteiger partial charge in [0, 0.05) is 12.0 Å².